The van der Waals surface area contributed by atoms with Crippen LogP contribution in [0.25, 0.3) is 5.82 Å². The summed E-state index contributed by atoms with van der Waals surface area (Å²) in [5.41, 5.74) is 10.3. The van der Waals surface area contributed by atoms with Crippen LogP contribution in [-0.2, 0) is 6.42 Å². The molecule has 2 heterocycles. The number of halogens is 1. The summed E-state index contributed by atoms with van der Waals surface area (Å²) < 4.78 is 2.94. The maximum absolute atomic E-state index is 6.35. The third-order valence-electron chi connectivity index (χ3n) is 3.97. The highest BCUT2D eigenvalue weighted by molar-refractivity contribution is 9.10. The average Bonchev–Trinajstić information content (AvgIpc) is 2.66. The van der Waals surface area contributed by atoms with E-state index in [1.807, 2.05) is 0 Å². The molecule has 2 aromatic rings. The Bertz CT molecular complexity index is 643. The minimum atomic E-state index is 0.108. The molecule has 0 radical (unpaired) electrons. The van der Waals surface area contributed by atoms with Gasteiger partial charge in [-0.05, 0) is 52.7 Å². The van der Waals surface area contributed by atoms with Crippen molar-refractivity contribution < 1.29 is 0 Å². The van der Waals surface area contributed by atoms with Crippen molar-refractivity contribution in [2.45, 2.75) is 39.7 Å². The third kappa shape index (κ3) is 2.29. The summed E-state index contributed by atoms with van der Waals surface area (Å²) in [6.45, 7) is 6.65. The van der Waals surface area contributed by atoms with Gasteiger partial charge in [0.25, 0.3) is 0 Å². The number of nitrogens with two attached hydrogens (primary N) is 1. The quantitative estimate of drug-likeness (QED) is 0.870. The number of aromatic nitrogens is 3. The second-order valence-electron chi connectivity index (χ2n) is 6.37. The van der Waals surface area contributed by atoms with Crippen molar-refractivity contribution in [2.24, 2.45) is 11.1 Å². The van der Waals surface area contributed by atoms with Crippen LogP contribution in [0.5, 0.6) is 0 Å². The Morgan fingerprint density at radius 2 is 2.10 bits per heavy atom. The van der Waals surface area contributed by atoms with Gasteiger partial charge >= 0.3 is 0 Å². The van der Waals surface area contributed by atoms with E-state index in [2.05, 4.69) is 57.3 Å². The van der Waals surface area contributed by atoms with Crippen molar-refractivity contribution in [1.82, 2.24) is 14.5 Å². The lowest BCUT2D eigenvalue weighted by atomic mass is 9.74. The van der Waals surface area contributed by atoms with Gasteiger partial charge in [-0.1, -0.05) is 13.8 Å². The first-order chi connectivity index (χ1) is 9.37. The molecule has 4 nitrogen and oxygen atoms in total. The lowest BCUT2D eigenvalue weighted by Gasteiger charge is -2.34. The van der Waals surface area contributed by atoms with Crippen LogP contribution in [0.15, 0.2) is 23.1 Å². The molecule has 1 aliphatic rings. The third-order valence-corrected chi connectivity index (χ3v) is 4.38. The fourth-order valence-electron chi connectivity index (χ4n) is 3.19. The van der Waals surface area contributed by atoms with Crippen molar-refractivity contribution in [1.29, 1.82) is 0 Å². The van der Waals surface area contributed by atoms with Crippen molar-refractivity contribution in [2.75, 3.05) is 0 Å². The molecule has 5 heteroatoms. The van der Waals surface area contributed by atoms with Crippen LogP contribution in [-0.4, -0.2) is 14.5 Å². The molecule has 106 valence electrons. The van der Waals surface area contributed by atoms with Gasteiger partial charge in [-0.2, -0.15) is 0 Å². The van der Waals surface area contributed by atoms with Crippen LogP contribution in [0.2, 0.25) is 0 Å². The van der Waals surface area contributed by atoms with Gasteiger partial charge in [0.1, 0.15) is 4.60 Å². The number of rotatable bonds is 1. The molecule has 0 aromatic carbocycles. The van der Waals surface area contributed by atoms with Crippen molar-refractivity contribution in [3.63, 3.8) is 0 Å². The van der Waals surface area contributed by atoms with Crippen molar-refractivity contribution in [3.8, 4) is 5.82 Å². The highest BCUT2D eigenvalue weighted by atomic mass is 79.9. The summed E-state index contributed by atoms with van der Waals surface area (Å²) in [5, 5.41) is 0. The Hall–Kier alpha value is -1.20. The van der Waals surface area contributed by atoms with Gasteiger partial charge in [0.2, 0.25) is 0 Å². The van der Waals surface area contributed by atoms with Crippen LogP contribution in [0.4, 0.5) is 0 Å². The lowest BCUT2D eigenvalue weighted by molar-refractivity contribution is 0.278. The van der Waals surface area contributed by atoms with Gasteiger partial charge in [0.05, 0.1) is 12.4 Å². The van der Waals surface area contributed by atoms with E-state index < -0.39 is 0 Å². The molecule has 1 atom stereocenters. The predicted octanol–water partition coefficient (Wildman–Crippen LogP) is 3.31. The van der Waals surface area contributed by atoms with Crippen LogP contribution >= 0.6 is 15.9 Å². The lowest BCUT2D eigenvalue weighted by Crippen LogP contribution is -2.30. The summed E-state index contributed by atoms with van der Waals surface area (Å²) in [6.07, 6.45) is 5.57. The minimum Gasteiger partial charge on any atom is -0.324 e. The Balaban J connectivity index is 2.16. The molecular formula is C15H19BrN4. The zero-order valence-electron chi connectivity index (χ0n) is 12.0. The number of aryl methyl sites for hydroxylation is 1. The Morgan fingerprint density at radius 1 is 1.35 bits per heavy atom. The second kappa shape index (κ2) is 4.67. The van der Waals surface area contributed by atoms with E-state index in [1.54, 1.807) is 12.4 Å². The molecule has 0 amide bonds. The van der Waals surface area contributed by atoms with Crippen LogP contribution in [0, 0.1) is 12.3 Å². The summed E-state index contributed by atoms with van der Waals surface area (Å²) in [7, 11) is 0. The first-order valence-corrected chi connectivity index (χ1v) is 7.61. The Morgan fingerprint density at radius 3 is 2.75 bits per heavy atom. The van der Waals surface area contributed by atoms with Crippen LogP contribution in [0.3, 0.4) is 0 Å². The van der Waals surface area contributed by atoms with Crippen LogP contribution in [0.1, 0.15) is 43.3 Å². The molecule has 0 fully saturated rings. The first-order valence-electron chi connectivity index (χ1n) is 6.82. The van der Waals surface area contributed by atoms with E-state index in [0.717, 1.165) is 23.3 Å². The van der Waals surface area contributed by atoms with E-state index >= 15 is 0 Å². The summed E-state index contributed by atoms with van der Waals surface area (Å²) in [4.78, 5) is 8.76. The molecule has 0 aliphatic heterocycles. The van der Waals surface area contributed by atoms with Crippen molar-refractivity contribution >= 4 is 15.9 Å². The summed E-state index contributed by atoms with van der Waals surface area (Å²) in [6, 6.07) is 2.30. The highest BCUT2D eigenvalue weighted by Crippen LogP contribution is 2.41. The second-order valence-corrected chi connectivity index (χ2v) is 7.18. The topological polar surface area (TPSA) is 56.7 Å². The molecule has 0 bridgehead atoms. The molecule has 0 saturated carbocycles. The van der Waals surface area contributed by atoms with E-state index in [0.29, 0.717) is 0 Å². The van der Waals surface area contributed by atoms with Gasteiger partial charge in [-0.15, -0.1) is 0 Å². The normalized spacial score (nSPS) is 20.8. The summed E-state index contributed by atoms with van der Waals surface area (Å²) in [5.74, 6) is 0.858. The van der Waals surface area contributed by atoms with E-state index in [1.165, 1.54) is 17.0 Å². The standard InChI is InChI=1S/C15H19BrN4/c1-9-4-10-11(17)5-15(2,3)6-12(10)20(9)14-8-18-13(16)7-19-14/h4,7-8,11H,5-6,17H2,1-3H3. The molecule has 3 rings (SSSR count). The highest BCUT2D eigenvalue weighted by Gasteiger charge is 2.33. The maximum Gasteiger partial charge on any atom is 0.155 e. The molecular weight excluding hydrogens is 316 g/mol. The fraction of sp³-hybridized carbons (Fsp3) is 0.467. The molecule has 0 saturated heterocycles. The molecule has 2 aromatic heterocycles. The van der Waals surface area contributed by atoms with Gasteiger partial charge in [0.15, 0.2) is 5.82 Å². The number of fused-ring (bicyclic) bond motifs is 1. The van der Waals surface area contributed by atoms with E-state index in [-0.39, 0.29) is 11.5 Å². The molecule has 20 heavy (non-hydrogen) atoms. The average molecular weight is 335 g/mol. The van der Waals surface area contributed by atoms with E-state index in [9.17, 15) is 0 Å². The smallest absolute Gasteiger partial charge is 0.155 e. The van der Waals surface area contributed by atoms with Crippen molar-refractivity contribution in [3.05, 3.63) is 40.0 Å². The van der Waals surface area contributed by atoms with Gasteiger partial charge in [-0.3, -0.25) is 0 Å². The van der Waals surface area contributed by atoms with E-state index in [4.69, 9.17) is 5.73 Å². The summed E-state index contributed by atoms with van der Waals surface area (Å²) >= 11 is 3.33. The number of nitrogens with zero attached hydrogens (tertiary/aromatic N) is 3. The molecule has 0 spiro atoms. The number of hydrogen-bond acceptors (Lipinski definition) is 3. The molecule has 2 N–H and O–H groups in total. The maximum atomic E-state index is 6.35. The van der Waals surface area contributed by atoms with Crippen LogP contribution < -0.4 is 5.73 Å². The largest absolute Gasteiger partial charge is 0.324 e. The van der Waals surface area contributed by atoms with Gasteiger partial charge in [0, 0.05) is 17.4 Å². The molecule has 1 aliphatic carbocycles. The number of hydrogen-bond donors (Lipinski definition) is 1. The zero-order valence-corrected chi connectivity index (χ0v) is 13.6. The van der Waals surface area contributed by atoms with Gasteiger partial charge in [-0.25, -0.2) is 9.97 Å². The molecule has 1 unspecified atom stereocenters. The monoisotopic (exact) mass is 334 g/mol. The zero-order chi connectivity index (χ0) is 14.5. The minimum absolute atomic E-state index is 0.108. The van der Waals surface area contributed by atoms with Gasteiger partial charge < -0.3 is 10.3 Å². The Labute approximate surface area is 127 Å². The predicted molar refractivity (Wildman–Crippen MR) is 82.8 cm³/mol. The Kier molecular flexibility index (Phi) is 3.21. The first kappa shape index (κ1) is 13.8. The fourth-order valence-corrected chi connectivity index (χ4v) is 3.39. The SMILES string of the molecule is Cc1cc2c(n1-c1cnc(Br)cn1)CC(C)(C)CC2N.